The molecule has 0 bridgehead atoms. The number of para-hydroxylation sites is 1. The average molecular weight is 400 g/mol. The summed E-state index contributed by atoms with van der Waals surface area (Å²) in [4.78, 5) is 15.2. The lowest BCUT2D eigenvalue weighted by Gasteiger charge is -2.18. The fourth-order valence-electron chi connectivity index (χ4n) is 2.69. The SMILES string of the molecule is CCOc1ccc(CN(C)CC(=O)Nc2ccccc2SCC#N)cc1OC. The number of methoxy groups -OCH3 is 1. The second-order valence-corrected chi connectivity index (χ2v) is 7.10. The molecule has 148 valence electrons. The van der Waals surface area contributed by atoms with Crippen molar-refractivity contribution in [1.29, 1.82) is 5.26 Å². The van der Waals surface area contributed by atoms with Crippen LogP contribution in [-0.2, 0) is 11.3 Å². The third-order valence-electron chi connectivity index (χ3n) is 3.85. The van der Waals surface area contributed by atoms with Crippen molar-refractivity contribution in [3.63, 3.8) is 0 Å². The number of carbonyl (C=O) groups is 1. The van der Waals surface area contributed by atoms with Gasteiger partial charge in [0.25, 0.3) is 0 Å². The molecule has 0 saturated heterocycles. The molecule has 0 spiro atoms. The van der Waals surface area contributed by atoms with Gasteiger partial charge in [0, 0.05) is 11.4 Å². The van der Waals surface area contributed by atoms with Crippen molar-refractivity contribution in [3.8, 4) is 17.6 Å². The topological polar surface area (TPSA) is 74.6 Å². The van der Waals surface area contributed by atoms with Crippen molar-refractivity contribution in [2.24, 2.45) is 0 Å². The lowest BCUT2D eigenvalue weighted by atomic mass is 10.2. The molecule has 1 N–H and O–H groups in total. The predicted octanol–water partition coefficient (Wildman–Crippen LogP) is 3.78. The van der Waals surface area contributed by atoms with Crippen LogP contribution in [0.4, 0.5) is 5.69 Å². The first-order chi connectivity index (χ1) is 13.6. The smallest absolute Gasteiger partial charge is 0.238 e. The minimum Gasteiger partial charge on any atom is -0.493 e. The molecular weight excluding hydrogens is 374 g/mol. The van der Waals surface area contributed by atoms with E-state index in [1.807, 2.05) is 61.3 Å². The maximum Gasteiger partial charge on any atom is 0.238 e. The van der Waals surface area contributed by atoms with Gasteiger partial charge in [0.1, 0.15) is 0 Å². The molecule has 6 nitrogen and oxygen atoms in total. The molecule has 0 atom stereocenters. The molecule has 0 saturated carbocycles. The van der Waals surface area contributed by atoms with Gasteiger partial charge in [-0.2, -0.15) is 5.26 Å². The summed E-state index contributed by atoms with van der Waals surface area (Å²) >= 11 is 1.40. The molecular formula is C21H25N3O3S. The number of ether oxygens (including phenoxy) is 2. The van der Waals surface area contributed by atoms with Crippen LogP contribution in [0.3, 0.4) is 0 Å². The Labute approximate surface area is 170 Å². The Kier molecular flexibility index (Phi) is 8.66. The molecule has 0 unspecified atom stereocenters. The summed E-state index contributed by atoms with van der Waals surface area (Å²) in [6.07, 6.45) is 0. The summed E-state index contributed by atoms with van der Waals surface area (Å²) in [7, 11) is 3.50. The molecule has 0 radical (unpaired) electrons. The van der Waals surface area contributed by atoms with E-state index in [9.17, 15) is 4.79 Å². The van der Waals surface area contributed by atoms with Crippen molar-refractivity contribution in [2.75, 3.05) is 38.4 Å². The number of nitrogens with one attached hydrogen (secondary N) is 1. The maximum atomic E-state index is 12.4. The predicted molar refractivity (Wildman–Crippen MR) is 112 cm³/mol. The standard InChI is InChI=1S/C21H25N3O3S/c1-4-27-18-10-9-16(13-19(18)26-3)14-24(2)15-21(25)23-17-7-5-6-8-20(17)28-12-11-22/h5-10,13H,4,12,14-15H2,1-3H3,(H,23,25). The monoisotopic (exact) mass is 399 g/mol. The Morgan fingerprint density at radius 3 is 2.75 bits per heavy atom. The first-order valence-corrected chi connectivity index (χ1v) is 9.92. The summed E-state index contributed by atoms with van der Waals surface area (Å²) in [5, 5.41) is 11.7. The second-order valence-electron chi connectivity index (χ2n) is 6.08. The van der Waals surface area contributed by atoms with E-state index in [4.69, 9.17) is 14.7 Å². The van der Waals surface area contributed by atoms with Gasteiger partial charge in [0.2, 0.25) is 5.91 Å². The zero-order valence-electron chi connectivity index (χ0n) is 16.4. The average Bonchev–Trinajstić information content (AvgIpc) is 2.68. The minimum absolute atomic E-state index is 0.106. The number of likely N-dealkylation sites (N-methyl/N-ethyl adjacent to an activating group) is 1. The maximum absolute atomic E-state index is 12.4. The Bertz CT molecular complexity index is 836. The van der Waals surface area contributed by atoms with E-state index >= 15 is 0 Å². The van der Waals surface area contributed by atoms with Crippen molar-refractivity contribution in [1.82, 2.24) is 4.90 Å². The van der Waals surface area contributed by atoms with Crippen LogP contribution >= 0.6 is 11.8 Å². The van der Waals surface area contributed by atoms with Crippen molar-refractivity contribution in [2.45, 2.75) is 18.4 Å². The number of amides is 1. The van der Waals surface area contributed by atoms with Crippen LogP contribution in [0, 0.1) is 11.3 Å². The zero-order valence-corrected chi connectivity index (χ0v) is 17.2. The van der Waals surface area contributed by atoms with Crippen molar-refractivity contribution in [3.05, 3.63) is 48.0 Å². The Balaban J connectivity index is 1.95. The number of rotatable bonds is 10. The van der Waals surface area contributed by atoms with E-state index in [0.717, 1.165) is 16.1 Å². The highest BCUT2D eigenvalue weighted by molar-refractivity contribution is 7.99. The third-order valence-corrected chi connectivity index (χ3v) is 4.79. The van der Waals surface area contributed by atoms with Gasteiger partial charge in [-0.15, -0.1) is 11.8 Å². The molecule has 0 aromatic heterocycles. The van der Waals surface area contributed by atoms with E-state index < -0.39 is 0 Å². The van der Waals surface area contributed by atoms with E-state index in [1.54, 1.807) is 7.11 Å². The van der Waals surface area contributed by atoms with Gasteiger partial charge in [0.15, 0.2) is 11.5 Å². The summed E-state index contributed by atoms with van der Waals surface area (Å²) < 4.78 is 10.9. The van der Waals surface area contributed by atoms with Crippen LogP contribution in [0.2, 0.25) is 0 Å². The molecule has 2 aromatic carbocycles. The number of anilines is 1. The molecule has 0 aliphatic carbocycles. The van der Waals surface area contributed by atoms with Gasteiger partial charge in [0.05, 0.1) is 37.8 Å². The number of nitrogens with zero attached hydrogens (tertiary/aromatic N) is 2. The highest BCUT2D eigenvalue weighted by atomic mass is 32.2. The van der Waals surface area contributed by atoms with Crippen LogP contribution in [0.25, 0.3) is 0 Å². The molecule has 0 fully saturated rings. The molecule has 7 heteroatoms. The Morgan fingerprint density at radius 2 is 2.04 bits per heavy atom. The molecule has 0 aliphatic rings. The summed E-state index contributed by atoms with van der Waals surface area (Å²) in [5.74, 6) is 1.62. The van der Waals surface area contributed by atoms with Crippen LogP contribution in [0.1, 0.15) is 12.5 Å². The lowest BCUT2D eigenvalue weighted by molar-refractivity contribution is -0.117. The largest absolute Gasteiger partial charge is 0.493 e. The zero-order chi connectivity index (χ0) is 20.4. The molecule has 28 heavy (non-hydrogen) atoms. The number of carbonyl (C=O) groups excluding carboxylic acids is 1. The van der Waals surface area contributed by atoms with E-state index in [0.29, 0.717) is 30.4 Å². The van der Waals surface area contributed by atoms with Crippen LogP contribution in [-0.4, -0.2) is 43.9 Å². The van der Waals surface area contributed by atoms with Crippen molar-refractivity contribution >= 4 is 23.4 Å². The Hall–Kier alpha value is -2.69. The highest BCUT2D eigenvalue weighted by Gasteiger charge is 2.12. The Morgan fingerprint density at radius 1 is 1.25 bits per heavy atom. The van der Waals surface area contributed by atoms with Crippen LogP contribution < -0.4 is 14.8 Å². The minimum atomic E-state index is -0.106. The van der Waals surface area contributed by atoms with E-state index in [-0.39, 0.29) is 12.5 Å². The quantitative estimate of drug-likeness (QED) is 0.613. The number of hydrogen-bond donors (Lipinski definition) is 1. The van der Waals surface area contributed by atoms with Gasteiger partial charge < -0.3 is 14.8 Å². The first kappa shape index (κ1) is 21.6. The summed E-state index contributed by atoms with van der Waals surface area (Å²) in [6, 6.07) is 15.4. The molecule has 0 aliphatic heterocycles. The normalized spacial score (nSPS) is 10.4. The number of benzene rings is 2. The van der Waals surface area contributed by atoms with Crippen LogP contribution in [0.15, 0.2) is 47.4 Å². The highest BCUT2D eigenvalue weighted by Crippen LogP contribution is 2.29. The van der Waals surface area contributed by atoms with Gasteiger partial charge in [-0.3, -0.25) is 9.69 Å². The fourth-order valence-corrected chi connectivity index (χ4v) is 3.36. The molecule has 0 heterocycles. The fraction of sp³-hybridized carbons (Fsp3) is 0.333. The van der Waals surface area contributed by atoms with E-state index in [2.05, 4.69) is 11.4 Å². The number of nitriles is 1. The molecule has 1 amide bonds. The second kappa shape index (κ2) is 11.2. The number of thioether (sulfide) groups is 1. The summed E-state index contributed by atoms with van der Waals surface area (Å²) in [5.41, 5.74) is 1.75. The molecule has 2 rings (SSSR count). The third kappa shape index (κ3) is 6.48. The summed E-state index contributed by atoms with van der Waals surface area (Å²) in [6.45, 7) is 3.34. The number of hydrogen-bond acceptors (Lipinski definition) is 6. The van der Waals surface area contributed by atoms with Crippen molar-refractivity contribution < 1.29 is 14.3 Å². The van der Waals surface area contributed by atoms with E-state index in [1.165, 1.54) is 11.8 Å². The van der Waals surface area contributed by atoms with Gasteiger partial charge >= 0.3 is 0 Å². The van der Waals surface area contributed by atoms with Crippen LogP contribution in [0.5, 0.6) is 11.5 Å². The first-order valence-electron chi connectivity index (χ1n) is 8.94. The molecule has 2 aromatic rings. The lowest BCUT2D eigenvalue weighted by Crippen LogP contribution is -2.30. The van der Waals surface area contributed by atoms with Gasteiger partial charge in [-0.25, -0.2) is 0 Å². The van der Waals surface area contributed by atoms with Gasteiger partial charge in [-0.1, -0.05) is 18.2 Å². The van der Waals surface area contributed by atoms with Gasteiger partial charge in [-0.05, 0) is 43.8 Å².